The van der Waals surface area contributed by atoms with Crippen LogP contribution in [0.5, 0.6) is 0 Å². The zero-order valence-electron chi connectivity index (χ0n) is 16.8. The summed E-state index contributed by atoms with van der Waals surface area (Å²) in [7, 11) is 0. The van der Waals surface area contributed by atoms with Crippen LogP contribution >= 0.6 is 24.0 Å². The van der Waals surface area contributed by atoms with Crippen molar-refractivity contribution in [3.8, 4) is 0 Å². The largest absolute Gasteiger partial charge is 0.460 e. The van der Waals surface area contributed by atoms with Gasteiger partial charge in [0.1, 0.15) is 5.60 Å². The fraction of sp³-hybridized carbons (Fsp3) is 0.895. The van der Waals surface area contributed by atoms with Crippen molar-refractivity contribution < 1.29 is 9.53 Å². The molecule has 1 aliphatic heterocycles. The van der Waals surface area contributed by atoms with Gasteiger partial charge in [-0.25, -0.2) is 0 Å². The Morgan fingerprint density at radius 3 is 2.46 bits per heavy atom. The van der Waals surface area contributed by atoms with Crippen molar-refractivity contribution >= 4 is 35.9 Å². The van der Waals surface area contributed by atoms with E-state index in [9.17, 15) is 4.79 Å². The van der Waals surface area contributed by atoms with Gasteiger partial charge in [-0.05, 0) is 72.4 Å². The lowest BCUT2D eigenvalue weighted by Gasteiger charge is -2.30. The topological polar surface area (TPSA) is 80.0 Å². The van der Waals surface area contributed by atoms with Crippen LogP contribution in [-0.2, 0) is 9.53 Å². The Balaban J connectivity index is 0.00000338. The number of rotatable bonds is 5. The molecule has 2 fully saturated rings. The van der Waals surface area contributed by atoms with Gasteiger partial charge < -0.3 is 15.8 Å². The molecule has 1 saturated heterocycles. The molecule has 7 heteroatoms. The van der Waals surface area contributed by atoms with E-state index in [-0.39, 0.29) is 35.9 Å². The highest BCUT2D eigenvalue weighted by atomic mass is 127. The first kappa shape index (κ1) is 23.5. The van der Waals surface area contributed by atoms with Gasteiger partial charge in [0.05, 0.1) is 12.5 Å². The van der Waals surface area contributed by atoms with E-state index in [2.05, 4.69) is 22.1 Å². The van der Waals surface area contributed by atoms with Gasteiger partial charge in [0, 0.05) is 12.1 Å². The minimum Gasteiger partial charge on any atom is -0.460 e. The molecule has 0 amide bonds. The summed E-state index contributed by atoms with van der Waals surface area (Å²) in [6.07, 6.45) is 6.05. The first-order valence-electron chi connectivity index (χ1n) is 9.82. The fourth-order valence-corrected chi connectivity index (χ4v) is 3.84. The highest BCUT2D eigenvalue weighted by Crippen LogP contribution is 2.27. The number of nitrogens with two attached hydrogens (primary N) is 1. The molecule has 0 aromatic rings. The molecule has 6 nitrogen and oxygen atoms in total. The van der Waals surface area contributed by atoms with Crippen LogP contribution in [0.1, 0.15) is 66.2 Å². The predicted octanol–water partition coefficient (Wildman–Crippen LogP) is 2.89. The number of guanidine groups is 1. The van der Waals surface area contributed by atoms with Crippen LogP contribution in [0, 0.1) is 5.92 Å². The van der Waals surface area contributed by atoms with Crippen molar-refractivity contribution in [3.63, 3.8) is 0 Å². The van der Waals surface area contributed by atoms with Gasteiger partial charge in [-0.1, -0.05) is 6.92 Å². The number of aliphatic imine (C=N–C) groups is 1. The van der Waals surface area contributed by atoms with Crippen LogP contribution < -0.4 is 11.1 Å². The highest BCUT2D eigenvalue weighted by Gasteiger charge is 2.30. The Labute approximate surface area is 175 Å². The van der Waals surface area contributed by atoms with Gasteiger partial charge in [0.25, 0.3) is 0 Å². The van der Waals surface area contributed by atoms with E-state index in [1.54, 1.807) is 0 Å². The van der Waals surface area contributed by atoms with E-state index in [1.165, 1.54) is 19.4 Å². The average Bonchev–Trinajstić information content (AvgIpc) is 2.99. The van der Waals surface area contributed by atoms with E-state index in [0.29, 0.717) is 18.0 Å². The molecule has 0 bridgehead atoms. The third kappa shape index (κ3) is 7.58. The van der Waals surface area contributed by atoms with Crippen molar-refractivity contribution in [3.05, 3.63) is 0 Å². The van der Waals surface area contributed by atoms with Crippen molar-refractivity contribution in [2.45, 2.75) is 83.9 Å². The Hall–Kier alpha value is -0.570. The van der Waals surface area contributed by atoms with Crippen molar-refractivity contribution in [2.75, 3.05) is 19.6 Å². The number of halogens is 1. The Morgan fingerprint density at radius 1 is 1.23 bits per heavy atom. The maximum Gasteiger partial charge on any atom is 0.309 e. The highest BCUT2D eigenvalue weighted by molar-refractivity contribution is 14.0. The average molecular weight is 480 g/mol. The zero-order chi connectivity index (χ0) is 18.4. The number of hydrogen-bond acceptors (Lipinski definition) is 4. The summed E-state index contributed by atoms with van der Waals surface area (Å²) in [4.78, 5) is 19.2. The molecule has 2 rings (SSSR count). The second-order valence-corrected chi connectivity index (χ2v) is 8.38. The molecule has 26 heavy (non-hydrogen) atoms. The number of carbonyl (C=O) groups excluding carboxylic acids is 1. The molecule has 2 aliphatic rings. The standard InChI is InChI=1S/C19H36N4O2.HI/c1-5-23-12-6-7-16(23)13-21-18(20)22-15-10-8-14(9-11-15)17(24)25-19(2,3)4;/h14-16H,5-13H2,1-4H3,(H3,20,21,22);1H. The molecule has 3 N–H and O–H groups in total. The Kier molecular flexibility index (Phi) is 9.64. The third-order valence-electron chi connectivity index (χ3n) is 5.20. The van der Waals surface area contributed by atoms with Crippen LogP contribution in [0.2, 0.25) is 0 Å². The molecule has 1 saturated carbocycles. The van der Waals surface area contributed by atoms with E-state index in [1.807, 2.05) is 20.8 Å². The molecule has 0 aromatic heterocycles. The Morgan fingerprint density at radius 2 is 1.88 bits per heavy atom. The summed E-state index contributed by atoms with van der Waals surface area (Å²) in [6, 6.07) is 0.849. The summed E-state index contributed by atoms with van der Waals surface area (Å²) in [6.45, 7) is 11.0. The van der Waals surface area contributed by atoms with E-state index in [0.717, 1.165) is 38.8 Å². The summed E-state index contributed by atoms with van der Waals surface area (Å²) < 4.78 is 5.50. The third-order valence-corrected chi connectivity index (χ3v) is 5.20. The molecule has 1 unspecified atom stereocenters. The maximum atomic E-state index is 12.2. The number of likely N-dealkylation sites (N-methyl/N-ethyl adjacent to an activating group) is 1. The van der Waals surface area contributed by atoms with Gasteiger partial charge in [0.2, 0.25) is 0 Å². The lowest BCUT2D eigenvalue weighted by Crippen LogP contribution is -2.44. The predicted molar refractivity (Wildman–Crippen MR) is 117 cm³/mol. The van der Waals surface area contributed by atoms with Crippen LogP contribution in [0.25, 0.3) is 0 Å². The number of nitrogens with zero attached hydrogens (tertiary/aromatic N) is 2. The molecule has 152 valence electrons. The zero-order valence-corrected chi connectivity index (χ0v) is 19.1. The van der Waals surface area contributed by atoms with Crippen molar-refractivity contribution in [1.82, 2.24) is 10.2 Å². The van der Waals surface area contributed by atoms with E-state index >= 15 is 0 Å². The van der Waals surface area contributed by atoms with Gasteiger partial charge in [-0.3, -0.25) is 14.7 Å². The second kappa shape index (κ2) is 10.7. The molecule has 1 aliphatic carbocycles. The van der Waals surface area contributed by atoms with Crippen molar-refractivity contribution in [1.29, 1.82) is 0 Å². The van der Waals surface area contributed by atoms with E-state index < -0.39 is 5.60 Å². The summed E-state index contributed by atoms with van der Waals surface area (Å²) in [5.74, 6) is 0.504. The number of carbonyl (C=O) groups is 1. The van der Waals surface area contributed by atoms with Gasteiger partial charge >= 0.3 is 5.97 Å². The minimum atomic E-state index is -0.407. The van der Waals surface area contributed by atoms with Crippen LogP contribution in [0.4, 0.5) is 0 Å². The number of ether oxygens (including phenoxy) is 1. The molecule has 0 radical (unpaired) electrons. The van der Waals surface area contributed by atoms with Crippen molar-refractivity contribution in [2.24, 2.45) is 16.6 Å². The molecule has 0 spiro atoms. The van der Waals surface area contributed by atoms with Crippen LogP contribution in [0.3, 0.4) is 0 Å². The van der Waals surface area contributed by atoms with Crippen LogP contribution in [0.15, 0.2) is 4.99 Å². The minimum absolute atomic E-state index is 0. The molecule has 1 heterocycles. The molecule has 0 aromatic carbocycles. The smallest absolute Gasteiger partial charge is 0.309 e. The van der Waals surface area contributed by atoms with E-state index in [4.69, 9.17) is 10.5 Å². The van der Waals surface area contributed by atoms with Gasteiger partial charge in [-0.2, -0.15) is 0 Å². The van der Waals surface area contributed by atoms with Crippen LogP contribution in [-0.4, -0.2) is 54.1 Å². The maximum absolute atomic E-state index is 12.2. The normalized spacial score (nSPS) is 27.7. The molecular weight excluding hydrogens is 443 g/mol. The molecular formula is C19H37IN4O2. The Bertz CT molecular complexity index is 471. The lowest BCUT2D eigenvalue weighted by molar-refractivity contribution is -0.161. The summed E-state index contributed by atoms with van der Waals surface area (Å²) >= 11 is 0. The first-order valence-corrected chi connectivity index (χ1v) is 9.82. The first-order chi connectivity index (χ1) is 11.8. The quantitative estimate of drug-likeness (QED) is 0.274. The SMILES string of the molecule is CCN1CCCC1CN=C(N)NC1CCC(C(=O)OC(C)(C)C)CC1.I. The van der Waals surface area contributed by atoms with Gasteiger partial charge in [-0.15, -0.1) is 24.0 Å². The summed E-state index contributed by atoms with van der Waals surface area (Å²) in [5.41, 5.74) is 5.67. The number of nitrogens with one attached hydrogen (secondary N) is 1. The monoisotopic (exact) mass is 480 g/mol. The number of esters is 1. The lowest BCUT2D eigenvalue weighted by atomic mass is 9.86. The second-order valence-electron chi connectivity index (χ2n) is 8.38. The summed E-state index contributed by atoms with van der Waals surface area (Å²) in [5, 5.41) is 3.34. The van der Waals surface area contributed by atoms with Gasteiger partial charge in [0.15, 0.2) is 5.96 Å². The molecule has 1 atom stereocenters. The number of likely N-dealkylation sites (tertiary alicyclic amines) is 1. The number of hydrogen-bond donors (Lipinski definition) is 2. The fourth-order valence-electron chi connectivity index (χ4n) is 3.84.